The van der Waals surface area contributed by atoms with Gasteiger partial charge in [-0.3, -0.25) is 4.18 Å². The molecule has 0 spiro atoms. The molecule has 0 amide bonds. The van der Waals surface area contributed by atoms with Crippen molar-refractivity contribution in [3.8, 4) is 5.88 Å². The van der Waals surface area contributed by atoms with Gasteiger partial charge in [0.05, 0.1) is 12.7 Å². The molecule has 0 aromatic carbocycles. The third-order valence-electron chi connectivity index (χ3n) is 2.02. The first-order valence-corrected chi connectivity index (χ1v) is 5.84. The molecule has 17 heavy (non-hydrogen) atoms. The van der Waals surface area contributed by atoms with E-state index in [-0.39, 0.29) is 13.2 Å². The number of rotatable bonds is 2. The zero-order valence-corrected chi connectivity index (χ0v) is 9.03. The van der Waals surface area contributed by atoms with Crippen molar-refractivity contribution in [2.45, 2.75) is 18.2 Å². The fourth-order valence-electron chi connectivity index (χ4n) is 1.30. The van der Waals surface area contributed by atoms with E-state index in [4.69, 9.17) is 4.74 Å². The maximum atomic E-state index is 12.0. The molecule has 10 heteroatoms. The summed E-state index contributed by atoms with van der Waals surface area (Å²) in [7, 11) is -5.60. The normalized spacial score (nSPS) is 20.8. The highest BCUT2D eigenvalue weighted by Crippen LogP contribution is 2.27. The van der Waals surface area contributed by atoms with Gasteiger partial charge in [0.15, 0.2) is 0 Å². The van der Waals surface area contributed by atoms with Gasteiger partial charge in [0.2, 0.25) is 5.88 Å². The lowest BCUT2D eigenvalue weighted by atomic mass is 10.3. The number of hydrogen-bond donors (Lipinski definition) is 0. The first-order valence-electron chi connectivity index (χ1n) is 4.44. The van der Waals surface area contributed by atoms with Gasteiger partial charge in [0, 0.05) is 6.07 Å². The largest absolute Gasteiger partial charge is 0.523 e. The van der Waals surface area contributed by atoms with Crippen LogP contribution in [-0.4, -0.2) is 36.4 Å². The predicted octanol–water partition coefficient (Wildman–Crippen LogP) is 0.510. The second kappa shape index (κ2) is 3.88. The van der Waals surface area contributed by atoms with Crippen LogP contribution in [0.5, 0.6) is 5.88 Å². The standard InChI is InChI=1S/C7H7F3N2O4S/c8-7(9,10)17(13,14)16-5-3-12-6(15-4-5)1-2-11-12/h1-2,5H,3-4H2. The lowest BCUT2D eigenvalue weighted by molar-refractivity contribution is -0.0608. The van der Waals surface area contributed by atoms with Crippen LogP contribution in [0.25, 0.3) is 0 Å². The minimum Gasteiger partial charge on any atom is -0.475 e. The topological polar surface area (TPSA) is 70.4 Å². The molecule has 2 heterocycles. The van der Waals surface area contributed by atoms with Gasteiger partial charge < -0.3 is 4.74 Å². The fraction of sp³-hybridized carbons (Fsp3) is 0.571. The molecule has 0 aliphatic carbocycles. The van der Waals surface area contributed by atoms with Crippen LogP contribution in [0.1, 0.15) is 0 Å². The molecule has 1 unspecified atom stereocenters. The molecule has 1 atom stereocenters. The van der Waals surface area contributed by atoms with Crippen molar-refractivity contribution in [3.63, 3.8) is 0 Å². The lowest BCUT2D eigenvalue weighted by Crippen LogP contribution is -2.38. The van der Waals surface area contributed by atoms with Crippen LogP contribution in [0.3, 0.4) is 0 Å². The monoisotopic (exact) mass is 272 g/mol. The summed E-state index contributed by atoms with van der Waals surface area (Å²) in [6.07, 6.45) is 0.143. The van der Waals surface area contributed by atoms with Crippen LogP contribution in [0.4, 0.5) is 13.2 Å². The van der Waals surface area contributed by atoms with Crippen LogP contribution in [-0.2, 0) is 20.8 Å². The Morgan fingerprint density at radius 1 is 1.53 bits per heavy atom. The number of nitrogens with zero attached hydrogens (tertiary/aromatic N) is 2. The Morgan fingerprint density at radius 3 is 2.88 bits per heavy atom. The van der Waals surface area contributed by atoms with Crippen molar-refractivity contribution >= 4 is 10.1 Å². The first-order chi connectivity index (χ1) is 7.79. The van der Waals surface area contributed by atoms with Crippen molar-refractivity contribution in [1.82, 2.24) is 9.78 Å². The van der Waals surface area contributed by atoms with Gasteiger partial charge in [-0.05, 0) is 0 Å². The van der Waals surface area contributed by atoms with E-state index in [9.17, 15) is 21.6 Å². The number of aromatic nitrogens is 2. The highest BCUT2D eigenvalue weighted by atomic mass is 32.2. The minimum atomic E-state index is -5.60. The van der Waals surface area contributed by atoms with Crippen molar-refractivity contribution in [1.29, 1.82) is 0 Å². The number of halogens is 3. The summed E-state index contributed by atoms with van der Waals surface area (Å²) in [6, 6.07) is 1.51. The van der Waals surface area contributed by atoms with Gasteiger partial charge in [-0.25, -0.2) is 4.68 Å². The number of fused-ring (bicyclic) bond motifs is 1. The average Bonchev–Trinajstić information content (AvgIpc) is 2.62. The molecular weight excluding hydrogens is 265 g/mol. The van der Waals surface area contributed by atoms with E-state index in [1.54, 1.807) is 0 Å². The van der Waals surface area contributed by atoms with E-state index < -0.39 is 21.7 Å². The third kappa shape index (κ3) is 2.36. The molecular formula is C7H7F3N2O4S. The van der Waals surface area contributed by atoms with Crippen LogP contribution < -0.4 is 4.74 Å². The predicted molar refractivity (Wildman–Crippen MR) is 47.6 cm³/mol. The Balaban J connectivity index is 2.09. The molecule has 0 radical (unpaired) electrons. The molecule has 6 nitrogen and oxygen atoms in total. The van der Waals surface area contributed by atoms with Gasteiger partial charge in [0.1, 0.15) is 12.7 Å². The van der Waals surface area contributed by atoms with Crippen LogP contribution in [0.2, 0.25) is 0 Å². The molecule has 0 fully saturated rings. The highest BCUT2D eigenvalue weighted by Gasteiger charge is 2.49. The zero-order valence-electron chi connectivity index (χ0n) is 8.22. The van der Waals surface area contributed by atoms with Crippen molar-refractivity contribution in [3.05, 3.63) is 12.3 Å². The van der Waals surface area contributed by atoms with Crippen LogP contribution in [0, 0.1) is 0 Å². The number of ether oxygens (including phenoxy) is 1. The van der Waals surface area contributed by atoms with E-state index in [2.05, 4.69) is 9.28 Å². The molecule has 1 aromatic rings. The Hall–Kier alpha value is -1.29. The molecule has 2 rings (SSSR count). The van der Waals surface area contributed by atoms with Crippen LogP contribution >= 0.6 is 0 Å². The summed E-state index contributed by atoms with van der Waals surface area (Å²) in [6.45, 7) is -0.390. The first kappa shape index (κ1) is 12.2. The zero-order chi connectivity index (χ0) is 12.7. The second-order valence-corrected chi connectivity index (χ2v) is 4.84. The van der Waals surface area contributed by atoms with Gasteiger partial charge in [0.25, 0.3) is 0 Å². The van der Waals surface area contributed by atoms with E-state index in [1.807, 2.05) is 0 Å². The molecule has 1 aliphatic heterocycles. The maximum absolute atomic E-state index is 12.0. The quantitative estimate of drug-likeness (QED) is 0.579. The van der Waals surface area contributed by atoms with Gasteiger partial charge in [-0.2, -0.15) is 26.7 Å². The average molecular weight is 272 g/mol. The van der Waals surface area contributed by atoms with E-state index in [1.165, 1.54) is 16.9 Å². The molecule has 0 saturated carbocycles. The molecule has 1 aromatic heterocycles. The van der Waals surface area contributed by atoms with Gasteiger partial charge in [-0.15, -0.1) is 0 Å². The lowest BCUT2D eigenvalue weighted by Gasteiger charge is -2.23. The maximum Gasteiger partial charge on any atom is 0.523 e. The highest BCUT2D eigenvalue weighted by molar-refractivity contribution is 7.87. The van der Waals surface area contributed by atoms with Gasteiger partial charge in [-0.1, -0.05) is 0 Å². The molecule has 1 aliphatic rings. The Labute approximate surface area is 94.1 Å². The van der Waals surface area contributed by atoms with E-state index in [0.717, 1.165) is 0 Å². The third-order valence-corrected chi connectivity index (χ3v) is 3.11. The van der Waals surface area contributed by atoms with Gasteiger partial charge >= 0.3 is 15.6 Å². The van der Waals surface area contributed by atoms with Crippen molar-refractivity contribution in [2.24, 2.45) is 0 Å². The SMILES string of the molecule is O=S(=O)(OC1COc2ccnn2C1)C(F)(F)F. The van der Waals surface area contributed by atoms with E-state index >= 15 is 0 Å². The fourth-order valence-corrected chi connectivity index (χ4v) is 1.88. The number of alkyl halides is 3. The summed E-state index contributed by atoms with van der Waals surface area (Å²) in [5.74, 6) is 0.356. The second-order valence-electron chi connectivity index (χ2n) is 3.28. The summed E-state index contributed by atoms with van der Waals surface area (Å²) in [4.78, 5) is 0. The molecule has 0 N–H and O–H groups in total. The van der Waals surface area contributed by atoms with Crippen molar-refractivity contribution in [2.75, 3.05) is 6.61 Å². The smallest absolute Gasteiger partial charge is 0.475 e. The number of hydrogen-bond acceptors (Lipinski definition) is 5. The summed E-state index contributed by atoms with van der Waals surface area (Å²) >= 11 is 0. The molecule has 0 bridgehead atoms. The summed E-state index contributed by atoms with van der Waals surface area (Å²) in [5, 5.41) is 3.73. The van der Waals surface area contributed by atoms with Crippen molar-refractivity contribution < 1.29 is 30.5 Å². The molecule has 96 valence electrons. The summed E-state index contributed by atoms with van der Waals surface area (Å²) < 4.78 is 67.9. The Kier molecular flexibility index (Phi) is 2.78. The minimum absolute atomic E-state index is 0.113. The van der Waals surface area contributed by atoms with E-state index in [0.29, 0.717) is 5.88 Å². The van der Waals surface area contributed by atoms with Crippen LogP contribution in [0.15, 0.2) is 12.3 Å². The Bertz CT molecular complexity index is 509. The molecule has 0 saturated heterocycles. The Morgan fingerprint density at radius 2 is 2.24 bits per heavy atom. The summed E-state index contributed by atoms with van der Waals surface area (Å²) in [5.41, 5.74) is -5.43.